The summed E-state index contributed by atoms with van der Waals surface area (Å²) in [6.07, 6.45) is 1.47. The van der Waals surface area contributed by atoms with Crippen molar-refractivity contribution in [1.29, 1.82) is 0 Å². The number of benzene rings is 2. The van der Waals surface area contributed by atoms with Crippen LogP contribution in [0.2, 0.25) is 5.02 Å². The van der Waals surface area contributed by atoms with Crippen molar-refractivity contribution in [2.24, 2.45) is 5.73 Å². The summed E-state index contributed by atoms with van der Waals surface area (Å²) in [7, 11) is 0. The van der Waals surface area contributed by atoms with E-state index in [-0.39, 0.29) is 11.8 Å². The molecule has 1 aliphatic rings. The number of nitrogens with two attached hydrogens (primary N) is 1. The van der Waals surface area contributed by atoms with Crippen LogP contribution in [0, 0.1) is 0 Å². The van der Waals surface area contributed by atoms with E-state index in [1.807, 2.05) is 42.5 Å². The van der Waals surface area contributed by atoms with Crippen molar-refractivity contribution < 1.29 is 4.79 Å². The lowest BCUT2D eigenvalue weighted by Crippen LogP contribution is -2.39. The minimum absolute atomic E-state index is 0.315. The molecular formula is C20H18Cl2N4OS. The van der Waals surface area contributed by atoms with E-state index in [9.17, 15) is 4.79 Å². The molecule has 2 aromatic heterocycles. The maximum absolute atomic E-state index is 12.2. The molecule has 0 fully saturated rings. The Morgan fingerprint density at radius 3 is 2.86 bits per heavy atom. The molecule has 0 saturated heterocycles. The third-order valence-corrected chi connectivity index (χ3v) is 6.20. The number of amides is 1. The van der Waals surface area contributed by atoms with E-state index >= 15 is 0 Å². The Balaban J connectivity index is 0.000000932. The first-order valence-electron chi connectivity index (χ1n) is 8.68. The monoisotopic (exact) mass is 432 g/mol. The van der Waals surface area contributed by atoms with Crippen LogP contribution in [0.4, 0.5) is 5.13 Å². The van der Waals surface area contributed by atoms with E-state index in [0.29, 0.717) is 18.1 Å². The molecule has 0 bridgehead atoms. The number of H-pyrrole nitrogens is 1. The van der Waals surface area contributed by atoms with Crippen molar-refractivity contribution in [3.05, 3.63) is 58.7 Å². The molecule has 0 aliphatic carbocycles. The van der Waals surface area contributed by atoms with E-state index in [1.54, 1.807) is 11.3 Å². The number of fused-ring (bicyclic) bond motifs is 4. The molecule has 0 spiro atoms. The summed E-state index contributed by atoms with van der Waals surface area (Å²) in [5, 5.41) is 2.64. The van der Waals surface area contributed by atoms with Gasteiger partial charge in [0.15, 0.2) is 5.13 Å². The average Bonchev–Trinajstić information content (AvgIpc) is 3.29. The van der Waals surface area contributed by atoms with Gasteiger partial charge in [-0.15, -0.1) is 11.6 Å². The molecule has 3 heterocycles. The maximum atomic E-state index is 12.2. The number of para-hydroxylation sites is 1. The largest absolute Gasteiger partial charge is 0.369 e. The summed E-state index contributed by atoms with van der Waals surface area (Å²) in [4.78, 5) is 22.5. The number of rotatable bonds is 2. The molecule has 1 aliphatic heterocycles. The summed E-state index contributed by atoms with van der Waals surface area (Å²) in [5.74, 6) is -0.685. The number of thiazole rings is 1. The van der Waals surface area contributed by atoms with Gasteiger partial charge in [0.05, 0.1) is 22.7 Å². The predicted octanol–water partition coefficient (Wildman–Crippen LogP) is 4.88. The van der Waals surface area contributed by atoms with Gasteiger partial charge in [0.25, 0.3) is 0 Å². The summed E-state index contributed by atoms with van der Waals surface area (Å²) in [5.41, 5.74) is 9.74. The first-order valence-corrected chi connectivity index (χ1v) is 10.6. The number of carbonyl (C=O) groups excluding carboxylic acids is 1. The first kappa shape index (κ1) is 19.1. The fourth-order valence-electron chi connectivity index (χ4n) is 3.71. The van der Waals surface area contributed by atoms with Crippen LogP contribution in [0.1, 0.15) is 17.2 Å². The third-order valence-electron chi connectivity index (χ3n) is 4.88. The molecule has 0 radical (unpaired) electrons. The Morgan fingerprint density at radius 1 is 1.29 bits per heavy atom. The normalized spacial score (nSPS) is 16.0. The molecule has 0 saturated carbocycles. The van der Waals surface area contributed by atoms with Gasteiger partial charge in [0, 0.05) is 34.5 Å². The van der Waals surface area contributed by atoms with Gasteiger partial charge in [-0.25, -0.2) is 4.98 Å². The quantitative estimate of drug-likeness (QED) is 0.443. The fraction of sp³-hybridized carbons (Fsp3) is 0.200. The lowest BCUT2D eigenvalue weighted by molar-refractivity contribution is -0.119. The van der Waals surface area contributed by atoms with Crippen molar-refractivity contribution in [2.75, 3.05) is 17.8 Å². The minimum Gasteiger partial charge on any atom is -0.369 e. The summed E-state index contributed by atoms with van der Waals surface area (Å²) in [6, 6.07) is 13.7. The highest BCUT2D eigenvalue weighted by molar-refractivity contribution is 7.22. The van der Waals surface area contributed by atoms with Gasteiger partial charge < -0.3 is 15.6 Å². The molecule has 8 heteroatoms. The molecule has 3 N–H and O–H groups in total. The van der Waals surface area contributed by atoms with Crippen LogP contribution < -0.4 is 10.6 Å². The number of alkyl halides is 1. The van der Waals surface area contributed by atoms with Gasteiger partial charge in [-0.2, -0.15) is 0 Å². The predicted molar refractivity (Wildman–Crippen MR) is 118 cm³/mol. The molecule has 1 unspecified atom stereocenters. The van der Waals surface area contributed by atoms with E-state index in [4.69, 9.17) is 22.3 Å². The van der Waals surface area contributed by atoms with Crippen LogP contribution in [-0.2, 0) is 11.3 Å². The van der Waals surface area contributed by atoms with Gasteiger partial charge in [-0.05, 0) is 29.8 Å². The molecule has 28 heavy (non-hydrogen) atoms. The molecule has 144 valence electrons. The van der Waals surface area contributed by atoms with Crippen LogP contribution in [0.3, 0.4) is 0 Å². The fourth-order valence-corrected chi connectivity index (χ4v) is 4.96. The number of hydrogen-bond donors (Lipinski definition) is 2. The highest BCUT2D eigenvalue weighted by Gasteiger charge is 2.33. The standard InChI is InChI=1S/C19H15ClN4OS.CH3Cl/c20-10-5-6-14-16(7-10)26-19(23-14)24-8-12(18(21)25)17-11-3-1-2-4-13(11)22-15(17)9-24;1-2/h1-7,12,22H,8-9H2,(H2,21,25);1H3. The van der Waals surface area contributed by atoms with Gasteiger partial charge in [-0.3, -0.25) is 4.79 Å². The molecule has 5 rings (SSSR count). The molecule has 4 aromatic rings. The molecule has 1 amide bonds. The summed E-state index contributed by atoms with van der Waals surface area (Å²) in [6.45, 7) is 1.19. The van der Waals surface area contributed by atoms with E-state index in [1.165, 1.54) is 6.38 Å². The van der Waals surface area contributed by atoms with E-state index < -0.39 is 0 Å². The highest BCUT2D eigenvalue weighted by Crippen LogP contribution is 2.39. The number of carbonyl (C=O) groups is 1. The van der Waals surface area contributed by atoms with Crippen LogP contribution in [-0.4, -0.2) is 28.8 Å². The van der Waals surface area contributed by atoms with Crippen molar-refractivity contribution in [3.8, 4) is 0 Å². The average molecular weight is 433 g/mol. The third kappa shape index (κ3) is 3.21. The highest BCUT2D eigenvalue weighted by atomic mass is 35.5. The number of primary amides is 1. The number of hydrogen-bond acceptors (Lipinski definition) is 4. The molecular weight excluding hydrogens is 415 g/mol. The van der Waals surface area contributed by atoms with Crippen molar-refractivity contribution >= 4 is 66.7 Å². The zero-order chi connectivity index (χ0) is 19.8. The second-order valence-corrected chi connectivity index (χ2v) is 7.95. The molecule has 1 atom stereocenters. The summed E-state index contributed by atoms with van der Waals surface area (Å²) >= 11 is 12.3. The van der Waals surface area contributed by atoms with Crippen LogP contribution in [0.25, 0.3) is 21.1 Å². The number of nitrogens with one attached hydrogen (secondary N) is 1. The zero-order valence-electron chi connectivity index (χ0n) is 15.1. The molecule has 2 aromatic carbocycles. The Kier molecular flexibility index (Phi) is 5.19. The van der Waals surface area contributed by atoms with Crippen molar-refractivity contribution in [3.63, 3.8) is 0 Å². The number of aromatic nitrogens is 2. The second kappa shape index (κ2) is 7.62. The van der Waals surface area contributed by atoms with E-state index in [2.05, 4.69) is 21.5 Å². The van der Waals surface area contributed by atoms with Gasteiger partial charge in [-0.1, -0.05) is 41.1 Å². The van der Waals surface area contributed by atoms with Gasteiger partial charge in [0.2, 0.25) is 5.91 Å². The lowest BCUT2D eigenvalue weighted by atomic mass is 9.91. The van der Waals surface area contributed by atoms with Crippen molar-refractivity contribution in [2.45, 2.75) is 12.5 Å². The van der Waals surface area contributed by atoms with Crippen LogP contribution in [0.5, 0.6) is 0 Å². The number of anilines is 1. The van der Waals surface area contributed by atoms with Gasteiger partial charge in [0.1, 0.15) is 0 Å². The number of aromatic amines is 1. The zero-order valence-corrected chi connectivity index (χ0v) is 17.4. The Labute approximate surface area is 176 Å². The maximum Gasteiger partial charge on any atom is 0.226 e. The smallest absolute Gasteiger partial charge is 0.226 e. The SMILES string of the molecule is CCl.NC(=O)C1CN(c2nc3ccc(Cl)cc3s2)Cc2[nH]c3ccccc3c21. The lowest BCUT2D eigenvalue weighted by Gasteiger charge is -2.31. The van der Waals surface area contributed by atoms with E-state index in [0.717, 1.165) is 37.5 Å². The van der Waals surface area contributed by atoms with Gasteiger partial charge >= 0.3 is 0 Å². The van der Waals surface area contributed by atoms with Crippen molar-refractivity contribution in [1.82, 2.24) is 9.97 Å². The number of halogens is 2. The number of nitrogens with zero attached hydrogens (tertiary/aromatic N) is 2. The minimum atomic E-state index is -0.370. The van der Waals surface area contributed by atoms with Crippen LogP contribution in [0.15, 0.2) is 42.5 Å². The first-order chi connectivity index (χ1) is 13.6. The van der Waals surface area contributed by atoms with Crippen LogP contribution >= 0.6 is 34.5 Å². The summed E-state index contributed by atoms with van der Waals surface area (Å²) < 4.78 is 1.03. The Hall–Kier alpha value is -2.28. The second-order valence-electron chi connectivity index (χ2n) is 6.51. The molecule has 5 nitrogen and oxygen atoms in total. The Bertz CT molecular complexity index is 1170. The topological polar surface area (TPSA) is 75.0 Å². The Morgan fingerprint density at radius 2 is 2.07 bits per heavy atom.